The van der Waals surface area contributed by atoms with Gasteiger partial charge in [-0.2, -0.15) is 0 Å². The lowest BCUT2D eigenvalue weighted by Crippen LogP contribution is -2.57. The van der Waals surface area contributed by atoms with Crippen molar-refractivity contribution in [1.29, 1.82) is 0 Å². The smallest absolute Gasteiger partial charge is 0.326 e. The molecule has 2 bridgehead atoms. The topological polar surface area (TPSA) is 146 Å². The molecule has 1 heterocycles. The maximum atomic E-state index is 13.6. The zero-order valence-corrected chi connectivity index (χ0v) is 22.4. The molecule has 0 aromatic carbocycles. The number of aromatic nitrogens is 1. The van der Waals surface area contributed by atoms with Gasteiger partial charge in [-0.25, -0.2) is 14.6 Å². The van der Waals surface area contributed by atoms with Crippen molar-refractivity contribution >= 4 is 23.7 Å². The van der Waals surface area contributed by atoms with Gasteiger partial charge in [-0.1, -0.05) is 58.9 Å². The minimum Gasteiger partial charge on any atom is -0.480 e. The van der Waals surface area contributed by atoms with E-state index in [9.17, 15) is 19.5 Å². The van der Waals surface area contributed by atoms with E-state index in [-0.39, 0.29) is 29.2 Å². The maximum absolute atomic E-state index is 13.6. The molecule has 9 heteroatoms. The standard InChI is InChI=1S/C28H43N5O4/c1-27(2)19-11-12-28(27,3)22(15-19)33-24(34)20(13-17-7-5-4-6-8-17)31-26(37)32-21(25(35)36)14-18-9-10-23(29)30-16-18/h9-10,16-17,19-22H,4-8,11-15H2,1-3H3,(H2,29,30)(H,33,34)(H,35,36)(H2,31,32,37)/t19-,20-,21?,22+,28+/m1/s1. The summed E-state index contributed by atoms with van der Waals surface area (Å²) in [5.74, 6) is -0.0177. The number of fused-ring (bicyclic) bond motifs is 2. The first kappa shape index (κ1) is 27.2. The van der Waals surface area contributed by atoms with Crippen LogP contribution in [0.1, 0.15) is 84.1 Å². The van der Waals surface area contributed by atoms with Crippen LogP contribution in [0.5, 0.6) is 0 Å². The molecule has 0 spiro atoms. The summed E-state index contributed by atoms with van der Waals surface area (Å²) in [5, 5.41) is 18.4. The molecule has 204 valence electrons. The molecule has 3 saturated carbocycles. The van der Waals surface area contributed by atoms with Crippen LogP contribution in [0.2, 0.25) is 0 Å². The fraction of sp³-hybridized carbons (Fsp3) is 0.714. The third-order valence-corrected chi connectivity index (χ3v) is 9.92. The number of nitrogens with one attached hydrogen (secondary N) is 3. The van der Waals surface area contributed by atoms with Gasteiger partial charge < -0.3 is 26.8 Å². The summed E-state index contributed by atoms with van der Waals surface area (Å²) in [6, 6.07) is 0.851. The van der Waals surface area contributed by atoms with Gasteiger partial charge in [0.2, 0.25) is 5.91 Å². The lowest BCUT2D eigenvalue weighted by atomic mass is 9.69. The Hall–Kier alpha value is -2.84. The normalized spacial score (nSPS) is 28.3. The quantitative estimate of drug-likeness (QED) is 0.341. The maximum Gasteiger partial charge on any atom is 0.326 e. The zero-order chi connectivity index (χ0) is 26.8. The number of anilines is 1. The van der Waals surface area contributed by atoms with Crippen LogP contribution in [0.25, 0.3) is 0 Å². The van der Waals surface area contributed by atoms with Gasteiger partial charge >= 0.3 is 12.0 Å². The Balaban J connectivity index is 1.42. The molecular weight excluding hydrogens is 470 g/mol. The number of nitrogens with zero attached hydrogens (tertiary/aromatic N) is 1. The highest BCUT2D eigenvalue weighted by molar-refractivity contribution is 5.89. The van der Waals surface area contributed by atoms with Crippen molar-refractivity contribution in [2.75, 3.05) is 5.73 Å². The molecule has 3 amide bonds. The number of amides is 3. The summed E-state index contributed by atoms with van der Waals surface area (Å²) in [6.07, 6.45) is 11.0. The monoisotopic (exact) mass is 513 g/mol. The number of hydrogen-bond acceptors (Lipinski definition) is 5. The van der Waals surface area contributed by atoms with Crippen molar-refractivity contribution in [3.05, 3.63) is 23.9 Å². The molecule has 0 radical (unpaired) electrons. The van der Waals surface area contributed by atoms with E-state index in [1.165, 1.54) is 19.0 Å². The number of rotatable bonds is 9. The minimum atomic E-state index is -1.16. The van der Waals surface area contributed by atoms with Gasteiger partial charge in [0.05, 0.1) is 0 Å². The Bertz CT molecular complexity index is 991. The molecule has 5 atom stereocenters. The molecule has 0 saturated heterocycles. The predicted octanol–water partition coefficient (Wildman–Crippen LogP) is 3.63. The summed E-state index contributed by atoms with van der Waals surface area (Å²) in [5.41, 5.74) is 6.46. The fourth-order valence-electron chi connectivity index (χ4n) is 7.03. The summed E-state index contributed by atoms with van der Waals surface area (Å²) in [6.45, 7) is 6.90. The third-order valence-electron chi connectivity index (χ3n) is 9.92. The van der Waals surface area contributed by atoms with E-state index >= 15 is 0 Å². The number of carboxylic acid groups (broad SMARTS) is 1. The second-order valence-corrected chi connectivity index (χ2v) is 12.3. The van der Waals surface area contributed by atoms with Gasteiger partial charge in [-0.3, -0.25) is 4.79 Å². The number of carboxylic acids is 1. The lowest BCUT2D eigenvalue weighted by Gasteiger charge is -2.40. The van der Waals surface area contributed by atoms with E-state index in [1.54, 1.807) is 12.1 Å². The highest BCUT2D eigenvalue weighted by Gasteiger charge is 2.61. The first-order chi connectivity index (χ1) is 17.5. The van der Waals surface area contributed by atoms with Crippen LogP contribution in [0.4, 0.5) is 10.6 Å². The molecular formula is C28H43N5O4. The van der Waals surface area contributed by atoms with Crippen LogP contribution in [-0.2, 0) is 16.0 Å². The lowest BCUT2D eigenvalue weighted by molar-refractivity contribution is -0.139. The van der Waals surface area contributed by atoms with Gasteiger partial charge in [0.15, 0.2) is 0 Å². The molecule has 1 aromatic heterocycles. The van der Waals surface area contributed by atoms with E-state index in [0.29, 0.717) is 29.6 Å². The summed E-state index contributed by atoms with van der Waals surface area (Å²) in [4.78, 5) is 42.4. The van der Waals surface area contributed by atoms with Crippen LogP contribution < -0.4 is 21.7 Å². The van der Waals surface area contributed by atoms with E-state index < -0.39 is 24.1 Å². The number of urea groups is 1. The molecule has 3 aliphatic carbocycles. The minimum absolute atomic E-state index is 0.0342. The van der Waals surface area contributed by atoms with Crippen molar-refractivity contribution in [3.8, 4) is 0 Å². The van der Waals surface area contributed by atoms with Gasteiger partial charge in [0.25, 0.3) is 0 Å². The molecule has 3 aliphatic rings. The van der Waals surface area contributed by atoms with E-state index in [4.69, 9.17) is 5.73 Å². The number of aliphatic carboxylic acids is 1. The van der Waals surface area contributed by atoms with Crippen LogP contribution in [0, 0.1) is 22.7 Å². The van der Waals surface area contributed by atoms with Crippen molar-refractivity contribution in [2.45, 2.75) is 103 Å². The van der Waals surface area contributed by atoms with Crippen molar-refractivity contribution in [3.63, 3.8) is 0 Å². The van der Waals surface area contributed by atoms with Crippen LogP contribution in [0.3, 0.4) is 0 Å². The molecule has 1 unspecified atom stereocenters. The number of hydrogen-bond donors (Lipinski definition) is 5. The SMILES string of the molecule is CC1(C)[C@@H]2CC[C@@]1(C)[C@@H](NC(=O)[C@@H](CC1CCCCC1)NC(=O)NC(Cc1ccc(N)nc1)C(=O)O)C2. The third kappa shape index (κ3) is 5.85. The average molecular weight is 514 g/mol. The highest BCUT2D eigenvalue weighted by Crippen LogP contribution is 2.65. The first-order valence-electron chi connectivity index (χ1n) is 13.8. The molecule has 37 heavy (non-hydrogen) atoms. The molecule has 3 fully saturated rings. The number of carbonyl (C=O) groups is 3. The van der Waals surface area contributed by atoms with Crippen LogP contribution in [-0.4, -0.2) is 46.1 Å². The molecule has 1 aromatic rings. The van der Waals surface area contributed by atoms with Crippen LogP contribution in [0.15, 0.2) is 18.3 Å². The fourth-order valence-corrected chi connectivity index (χ4v) is 7.03. The Morgan fingerprint density at radius 2 is 1.78 bits per heavy atom. The number of nitrogen functional groups attached to an aromatic ring is 1. The van der Waals surface area contributed by atoms with Crippen molar-refractivity contribution < 1.29 is 19.5 Å². The van der Waals surface area contributed by atoms with Crippen molar-refractivity contribution in [2.24, 2.45) is 22.7 Å². The highest BCUT2D eigenvalue weighted by atomic mass is 16.4. The number of nitrogens with two attached hydrogens (primary N) is 1. The number of pyridine rings is 1. The average Bonchev–Trinajstić information content (AvgIpc) is 3.18. The van der Waals surface area contributed by atoms with E-state index in [2.05, 4.69) is 41.7 Å². The summed E-state index contributed by atoms with van der Waals surface area (Å²) in [7, 11) is 0. The number of carbonyl (C=O) groups excluding carboxylic acids is 2. The van der Waals surface area contributed by atoms with Gasteiger partial charge in [0, 0.05) is 18.7 Å². The van der Waals surface area contributed by atoms with E-state index in [1.807, 2.05) is 0 Å². The summed E-state index contributed by atoms with van der Waals surface area (Å²) < 4.78 is 0. The molecule has 4 rings (SSSR count). The largest absolute Gasteiger partial charge is 0.480 e. The van der Waals surface area contributed by atoms with Gasteiger partial charge in [-0.05, 0) is 60.0 Å². The Morgan fingerprint density at radius 1 is 1.08 bits per heavy atom. The zero-order valence-electron chi connectivity index (χ0n) is 22.4. The second kappa shape index (κ2) is 10.9. The summed E-state index contributed by atoms with van der Waals surface area (Å²) >= 11 is 0. The first-order valence-corrected chi connectivity index (χ1v) is 13.8. The van der Waals surface area contributed by atoms with Crippen molar-refractivity contribution in [1.82, 2.24) is 20.9 Å². The Labute approximate surface area is 219 Å². The van der Waals surface area contributed by atoms with Gasteiger partial charge in [-0.15, -0.1) is 0 Å². The second-order valence-electron chi connectivity index (χ2n) is 12.3. The van der Waals surface area contributed by atoms with Crippen LogP contribution >= 0.6 is 0 Å². The molecule has 6 N–H and O–H groups in total. The molecule has 0 aliphatic heterocycles. The Kier molecular flexibility index (Phi) is 7.99. The Morgan fingerprint density at radius 3 is 2.35 bits per heavy atom. The molecule has 9 nitrogen and oxygen atoms in total. The van der Waals surface area contributed by atoms with Gasteiger partial charge in [0.1, 0.15) is 17.9 Å². The predicted molar refractivity (Wildman–Crippen MR) is 142 cm³/mol. The van der Waals surface area contributed by atoms with E-state index in [0.717, 1.165) is 38.5 Å².